The van der Waals surface area contributed by atoms with Crippen molar-refractivity contribution in [3.8, 4) is 10.6 Å². The van der Waals surface area contributed by atoms with Crippen molar-refractivity contribution in [2.24, 2.45) is 0 Å². The molecule has 0 aromatic carbocycles. The third-order valence-corrected chi connectivity index (χ3v) is 2.63. The molecule has 1 N–H and O–H groups in total. The number of Topliss-reactive ketones (excluding diaryl/α,β-unsaturated/α-hetero) is 1. The van der Waals surface area contributed by atoms with Crippen molar-refractivity contribution >= 4 is 17.1 Å². The van der Waals surface area contributed by atoms with Gasteiger partial charge in [0.1, 0.15) is 5.69 Å². The Kier molecular flexibility index (Phi) is 1.98. The van der Waals surface area contributed by atoms with Crippen molar-refractivity contribution in [1.29, 1.82) is 0 Å². The number of hydrogen-bond acceptors (Lipinski definition) is 3. The first-order chi connectivity index (χ1) is 6.27. The van der Waals surface area contributed by atoms with Gasteiger partial charge in [-0.15, -0.1) is 11.3 Å². The van der Waals surface area contributed by atoms with Crippen LogP contribution in [0.25, 0.3) is 10.6 Å². The summed E-state index contributed by atoms with van der Waals surface area (Å²) in [6, 6.07) is 5.73. The summed E-state index contributed by atoms with van der Waals surface area (Å²) in [6.45, 7) is 1.51. The van der Waals surface area contributed by atoms with Crippen molar-refractivity contribution in [1.82, 2.24) is 10.2 Å². The lowest BCUT2D eigenvalue weighted by atomic mass is 10.2. The van der Waals surface area contributed by atoms with E-state index in [9.17, 15) is 4.79 Å². The van der Waals surface area contributed by atoms with Gasteiger partial charge in [0.2, 0.25) is 0 Å². The molecule has 13 heavy (non-hydrogen) atoms. The second-order valence-corrected chi connectivity index (χ2v) is 3.65. The summed E-state index contributed by atoms with van der Waals surface area (Å²) in [5, 5.41) is 8.72. The number of carbonyl (C=O) groups is 1. The van der Waals surface area contributed by atoms with Crippen LogP contribution in [0.4, 0.5) is 0 Å². The fraction of sp³-hybridized carbons (Fsp3) is 0.111. The molecule has 0 saturated carbocycles. The minimum Gasteiger partial charge on any atom is -0.293 e. The molecule has 0 aliphatic rings. The Morgan fingerprint density at radius 3 is 3.00 bits per heavy atom. The largest absolute Gasteiger partial charge is 0.293 e. The first-order valence-electron chi connectivity index (χ1n) is 3.87. The Hall–Kier alpha value is -1.42. The lowest BCUT2D eigenvalue weighted by Crippen LogP contribution is -1.90. The van der Waals surface area contributed by atoms with Crippen LogP contribution in [0.3, 0.4) is 0 Å². The normalized spacial score (nSPS) is 10.2. The predicted molar refractivity (Wildman–Crippen MR) is 51.9 cm³/mol. The molecule has 2 rings (SSSR count). The molecule has 66 valence electrons. The van der Waals surface area contributed by atoms with E-state index in [1.165, 1.54) is 6.92 Å². The molecule has 0 fully saturated rings. The van der Waals surface area contributed by atoms with Gasteiger partial charge in [-0.3, -0.25) is 9.89 Å². The summed E-state index contributed by atoms with van der Waals surface area (Å²) in [5.74, 6) is -0.0148. The van der Waals surface area contributed by atoms with Gasteiger partial charge in [0.25, 0.3) is 0 Å². The molecular weight excluding hydrogens is 184 g/mol. The predicted octanol–water partition coefficient (Wildman–Crippen LogP) is 2.34. The van der Waals surface area contributed by atoms with Crippen LogP contribution in [0.2, 0.25) is 0 Å². The Balaban J connectivity index is 2.39. The molecule has 0 radical (unpaired) electrons. The van der Waals surface area contributed by atoms with Crippen LogP contribution < -0.4 is 0 Å². The molecule has 0 bridgehead atoms. The minimum atomic E-state index is -0.0148. The van der Waals surface area contributed by atoms with E-state index in [1.807, 2.05) is 17.5 Å². The van der Waals surface area contributed by atoms with Crippen molar-refractivity contribution in [2.75, 3.05) is 0 Å². The van der Waals surface area contributed by atoms with Crippen LogP contribution in [-0.2, 0) is 0 Å². The van der Waals surface area contributed by atoms with E-state index in [1.54, 1.807) is 17.4 Å². The van der Waals surface area contributed by atoms with Gasteiger partial charge in [-0.1, -0.05) is 6.07 Å². The quantitative estimate of drug-likeness (QED) is 0.742. The highest BCUT2D eigenvalue weighted by Crippen LogP contribution is 2.22. The van der Waals surface area contributed by atoms with E-state index in [2.05, 4.69) is 10.2 Å². The first kappa shape index (κ1) is 8.19. The zero-order valence-corrected chi connectivity index (χ0v) is 7.89. The fourth-order valence-electron chi connectivity index (χ4n) is 1.06. The Bertz CT molecular complexity index is 417. The highest BCUT2D eigenvalue weighted by atomic mass is 32.1. The third kappa shape index (κ3) is 1.53. The van der Waals surface area contributed by atoms with Crippen LogP contribution >= 0.6 is 11.3 Å². The molecule has 0 saturated heterocycles. The topological polar surface area (TPSA) is 45.8 Å². The van der Waals surface area contributed by atoms with Gasteiger partial charge in [-0.2, -0.15) is 5.10 Å². The molecule has 0 aliphatic carbocycles. The summed E-state index contributed by atoms with van der Waals surface area (Å²) in [7, 11) is 0. The number of nitrogens with one attached hydrogen (secondary N) is 1. The number of hydrogen-bond donors (Lipinski definition) is 1. The van der Waals surface area contributed by atoms with Crippen LogP contribution in [0.5, 0.6) is 0 Å². The maximum atomic E-state index is 10.9. The molecular formula is C9H8N2OS. The van der Waals surface area contributed by atoms with Gasteiger partial charge in [0.05, 0.1) is 10.6 Å². The summed E-state index contributed by atoms with van der Waals surface area (Å²) in [5.41, 5.74) is 1.39. The number of ketones is 1. The van der Waals surface area contributed by atoms with Gasteiger partial charge >= 0.3 is 0 Å². The van der Waals surface area contributed by atoms with Crippen molar-refractivity contribution in [2.45, 2.75) is 6.92 Å². The monoisotopic (exact) mass is 192 g/mol. The summed E-state index contributed by atoms with van der Waals surface area (Å²) < 4.78 is 0. The highest BCUT2D eigenvalue weighted by Gasteiger charge is 2.06. The van der Waals surface area contributed by atoms with Crippen LogP contribution in [0.1, 0.15) is 17.4 Å². The van der Waals surface area contributed by atoms with Crippen molar-refractivity contribution in [3.63, 3.8) is 0 Å². The molecule has 0 atom stereocenters. The van der Waals surface area contributed by atoms with Gasteiger partial charge in [0, 0.05) is 6.92 Å². The van der Waals surface area contributed by atoms with E-state index < -0.39 is 0 Å². The summed E-state index contributed by atoms with van der Waals surface area (Å²) >= 11 is 1.62. The minimum absolute atomic E-state index is 0.0148. The SMILES string of the molecule is CC(=O)c1cc(-c2cccs2)[nH]n1. The van der Waals surface area contributed by atoms with Gasteiger partial charge in [-0.25, -0.2) is 0 Å². The molecule has 4 heteroatoms. The van der Waals surface area contributed by atoms with Gasteiger partial charge in [-0.05, 0) is 17.5 Å². The maximum Gasteiger partial charge on any atom is 0.179 e. The van der Waals surface area contributed by atoms with Crippen LogP contribution in [0.15, 0.2) is 23.6 Å². The van der Waals surface area contributed by atoms with E-state index in [4.69, 9.17) is 0 Å². The molecule has 2 aromatic heterocycles. The summed E-state index contributed by atoms with van der Waals surface area (Å²) in [4.78, 5) is 12.0. The number of rotatable bonds is 2. The third-order valence-electron chi connectivity index (χ3n) is 1.73. The zero-order chi connectivity index (χ0) is 9.26. The smallest absolute Gasteiger partial charge is 0.179 e. The molecule has 0 amide bonds. The molecule has 2 aromatic rings. The maximum absolute atomic E-state index is 10.9. The standard InChI is InChI=1S/C9H8N2OS/c1-6(12)7-5-8(11-10-7)9-3-2-4-13-9/h2-5H,1H3,(H,10,11). The van der Waals surface area contributed by atoms with E-state index in [0.29, 0.717) is 5.69 Å². The van der Waals surface area contributed by atoms with Crippen LogP contribution in [-0.4, -0.2) is 16.0 Å². The first-order valence-corrected chi connectivity index (χ1v) is 4.75. The molecule has 0 unspecified atom stereocenters. The number of aromatic amines is 1. The second-order valence-electron chi connectivity index (χ2n) is 2.70. The molecule has 2 heterocycles. The van der Waals surface area contributed by atoms with E-state index >= 15 is 0 Å². The Morgan fingerprint density at radius 2 is 2.46 bits per heavy atom. The second kappa shape index (κ2) is 3.14. The van der Waals surface area contributed by atoms with Gasteiger partial charge < -0.3 is 0 Å². The number of thiophene rings is 1. The number of nitrogens with zero attached hydrogens (tertiary/aromatic N) is 1. The fourth-order valence-corrected chi connectivity index (χ4v) is 1.75. The average molecular weight is 192 g/mol. The lowest BCUT2D eigenvalue weighted by Gasteiger charge is -1.85. The molecule has 0 aliphatic heterocycles. The van der Waals surface area contributed by atoms with E-state index in [0.717, 1.165) is 10.6 Å². The van der Waals surface area contributed by atoms with Gasteiger partial charge in [0.15, 0.2) is 5.78 Å². The van der Waals surface area contributed by atoms with E-state index in [-0.39, 0.29) is 5.78 Å². The number of H-pyrrole nitrogens is 1. The molecule has 0 spiro atoms. The zero-order valence-electron chi connectivity index (χ0n) is 7.07. The molecule has 3 nitrogen and oxygen atoms in total. The number of aromatic nitrogens is 2. The summed E-state index contributed by atoms with van der Waals surface area (Å²) in [6.07, 6.45) is 0. The van der Waals surface area contributed by atoms with Crippen molar-refractivity contribution < 1.29 is 4.79 Å². The highest BCUT2D eigenvalue weighted by molar-refractivity contribution is 7.13. The van der Waals surface area contributed by atoms with Crippen molar-refractivity contribution in [3.05, 3.63) is 29.3 Å². The average Bonchev–Trinajstić information content (AvgIpc) is 2.75. The lowest BCUT2D eigenvalue weighted by molar-refractivity contribution is 0.101. The van der Waals surface area contributed by atoms with Crippen LogP contribution in [0, 0.1) is 0 Å². The Labute approximate surface area is 79.4 Å². The Morgan fingerprint density at radius 1 is 1.62 bits per heavy atom. The number of carbonyl (C=O) groups excluding carboxylic acids is 1.